The summed E-state index contributed by atoms with van der Waals surface area (Å²) in [5.41, 5.74) is 1.78. The molecule has 146 valence electrons. The SMILES string of the molecule is N=CN=C[NH2+]Cc1nc2cnc3ccc(Cl)cc3c2n1C1CCOCC1(F)F. The van der Waals surface area contributed by atoms with E-state index < -0.39 is 18.6 Å². The van der Waals surface area contributed by atoms with Gasteiger partial charge in [-0.25, -0.2) is 13.8 Å². The van der Waals surface area contributed by atoms with Crippen molar-refractivity contribution in [3.8, 4) is 0 Å². The van der Waals surface area contributed by atoms with E-state index in [-0.39, 0.29) is 13.0 Å². The quantitative estimate of drug-likeness (QED) is 0.502. The number of halogens is 3. The van der Waals surface area contributed by atoms with E-state index >= 15 is 0 Å². The van der Waals surface area contributed by atoms with Crippen LogP contribution in [0.2, 0.25) is 5.02 Å². The van der Waals surface area contributed by atoms with Gasteiger partial charge < -0.3 is 9.30 Å². The number of hydrogen-bond acceptors (Lipinski definition) is 4. The lowest BCUT2D eigenvalue weighted by atomic mass is 10.0. The molecule has 1 aliphatic heterocycles. The minimum atomic E-state index is -3.03. The van der Waals surface area contributed by atoms with Gasteiger partial charge in [-0.2, -0.15) is 4.99 Å². The van der Waals surface area contributed by atoms with Gasteiger partial charge in [0.1, 0.15) is 31.0 Å². The molecule has 1 aromatic carbocycles. The molecule has 3 aromatic rings. The average molecular weight is 408 g/mol. The summed E-state index contributed by atoms with van der Waals surface area (Å²) in [6.07, 6.45) is 4.12. The van der Waals surface area contributed by atoms with Gasteiger partial charge in [-0.15, -0.1) is 0 Å². The number of fused-ring (bicyclic) bond motifs is 3. The summed E-state index contributed by atoms with van der Waals surface area (Å²) in [6.45, 7) is -0.0802. The molecule has 2 aromatic heterocycles. The zero-order valence-corrected chi connectivity index (χ0v) is 15.5. The number of pyridine rings is 1. The Kier molecular flexibility index (Phi) is 5.05. The molecule has 0 bridgehead atoms. The van der Waals surface area contributed by atoms with Gasteiger partial charge in [-0.05, 0) is 24.6 Å². The smallest absolute Gasteiger partial charge is 0.291 e. The highest BCUT2D eigenvalue weighted by atomic mass is 35.5. The molecule has 3 heterocycles. The van der Waals surface area contributed by atoms with Crippen LogP contribution in [0.5, 0.6) is 0 Å². The van der Waals surface area contributed by atoms with E-state index in [0.29, 0.717) is 39.3 Å². The fourth-order valence-corrected chi connectivity index (χ4v) is 3.74. The molecule has 1 fully saturated rings. The standard InChI is InChI=1S/C18H17ClF2N6O/c19-11-1-2-13-12(5-11)17-14(6-25-13)26-16(7-23-10-24-9-22)27(17)15-3-4-28-8-18(15,20)21/h1-2,5-6,9-10,15H,3-4,7-8H2,(H2,22,23,24)/p+1. The number of aromatic nitrogens is 3. The Morgan fingerprint density at radius 2 is 2.29 bits per heavy atom. The van der Waals surface area contributed by atoms with Crippen LogP contribution in [-0.2, 0) is 11.3 Å². The molecule has 0 spiro atoms. The van der Waals surface area contributed by atoms with Crippen LogP contribution in [0.15, 0.2) is 29.4 Å². The molecule has 1 atom stereocenters. The van der Waals surface area contributed by atoms with Gasteiger partial charge in [0.25, 0.3) is 5.92 Å². The van der Waals surface area contributed by atoms with Crippen molar-refractivity contribution in [2.24, 2.45) is 4.99 Å². The number of nitrogens with zero attached hydrogens (tertiary/aromatic N) is 4. The third-order valence-corrected chi connectivity index (χ3v) is 4.98. The van der Waals surface area contributed by atoms with Gasteiger partial charge in [-0.1, -0.05) is 11.6 Å². The molecule has 3 N–H and O–H groups in total. The summed E-state index contributed by atoms with van der Waals surface area (Å²) >= 11 is 6.17. The number of quaternary nitrogens is 1. The minimum Gasteiger partial charge on any atom is -0.375 e. The van der Waals surface area contributed by atoms with Crippen LogP contribution in [0.4, 0.5) is 8.78 Å². The van der Waals surface area contributed by atoms with Gasteiger partial charge >= 0.3 is 0 Å². The molecule has 1 aliphatic rings. The molecule has 7 nitrogen and oxygen atoms in total. The Hall–Kier alpha value is -2.49. The molecule has 0 amide bonds. The molecule has 0 aliphatic carbocycles. The van der Waals surface area contributed by atoms with Crippen molar-refractivity contribution < 1.29 is 18.8 Å². The number of imidazole rings is 1. The molecule has 28 heavy (non-hydrogen) atoms. The Morgan fingerprint density at radius 1 is 1.43 bits per heavy atom. The lowest BCUT2D eigenvalue weighted by molar-refractivity contribution is -0.549. The first-order valence-corrected chi connectivity index (χ1v) is 9.13. The van der Waals surface area contributed by atoms with Crippen molar-refractivity contribution in [2.75, 3.05) is 13.2 Å². The molecular formula is C18H18ClF2N6O+. The number of rotatable bonds is 5. The minimum absolute atomic E-state index is 0.171. The van der Waals surface area contributed by atoms with E-state index in [1.807, 2.05) is 0 Å². The molecule has 0 saturated carbocycles. The van der Waals surface area contributed by atoms with Gasteiger partial charge in [0, 0.05) is 17.0 Å². The number of benzene rings is 1. The van der Waals surface area contributed by atoms with Crippen LogP contribution in [0.1, 0.15) is 18.3 Å². The van der Waals surface area contributed by atoms with Crippen LogP contribution < -0.4 is 5.32 Å². The van der Waals surface area contributed by atoms with Crippen molar-refractivity contribution in [2.45, 2.75) is 24.9 Å². The summed E-state index contributed by atoms with van der Waals surface area (Å²) in [7, 11) is 0. The molecule has 0 radical (unpaired) electrons. The van der Waals surface area contributed by atoms with Crippen LogP contribution in [-0.4, -0.2) is 46.3 Å². The molecule has 4 rings (SSSR count). The van der Waals surface area contributed by atoms with E-state index in [4.69, 9.17) is 21.7 Å². The fourth-order valence-electron chi connectivity index (χ4n) is 3.57. The predicted octanol–water partition coefficient (Wildman–Crippen LogP) is 2.53. The molecular weight excluding hydrogens is 390 g/mol. The van der Waals surface area contributed by atoms with E-state index in [9.17, 15) is 8.78 Å². The van der Waals surface area contributed by atoms with Gasteiger partial charge in [-0.3, -0.25) is 15.7 Å². The molecule has 10 heteroatoms. The number of nitrogens with two attached hydrogens (primary N) is 1. The van der Waals surface area contributed by atoms with Crippen LogP contribution >= 0.6 is 11.6 Å². The van der Waals surface area contributed by atoms with Gasteiger partial charge in [0.15, 0.2) is 12.2 Å². The first-order valence-electron chi connectivity index (χ1n) is 8.76. The maximum absolute atomic E-state index is 14.8. The highest BCUT2D eigenvalue weighted by molar-refractivity contribution is 6.31. The monoisotopic (exact) mass is 407 g/mol. The van der Waals surface area contributed by atoms with E-state index in [2.05, 4.69) is 15.0 Å². The maximum Gasteiger partial charge on any atom is 0.291 e. The second-order valence-corrected chi connectivity index (χ2v) is 6.97. The zero-order valence-electron chi connectivity index (χ0n) is 14.8. The second kappa shape index (κ2) is 7.50. The number of nitrogens with one attached hydrogen (secondary N) is 1. The van der Waals surface area contributed by atoms with Crippen molar-refractivity contribution >= 4 is 46.2 Å². The summed E-state index contributed by atoms with van der Waals surface area (Å²) in [6, 6.07) is 4.12. The van der Waals surface area contributed by atoms with Crippen molar-refractivity contribution in [3.63, 3.8) is 0 Å². The first kappa shape index (κ1) is 18.9. The third kappa shape index (κ3) is 3.36. The number of alkyl halides is 2. The summed E-state index contributed by atoms with van der Waals surface area (Å²) in [5.74, 6) is -2.55. The Labute approximate surface area is 163 Å². The second-order valence-electron chi connectivity index (χ2n) is 6.54. The van der Waals surface area contributed by atoms with Crippen LogP contribution in [0.25, 0.3) is 21.9 Å². The Morgan fingerprint density at radius 3 is 3.07 bits per heavy atom. The third-order valence-electron chi connectivity index (χ3n) is 4.75. The number of ether oxygens (including phenoxy) is 1. The van der Waals surface area contributed by atoms with E-state index in [0.717, 1.165) is 6.34 Å². The van der Waals surface area contributed by atoms with Crippen LogP contribution in [0, 0.1) is 5.41 Å². The summed E-state index contributed by atoms with van der Waals surface area (Å²) in [5, 5.41) is 9.80. The largest absolute Gasteiger partial charge is 0.375 e. The number of aliphatic imine (C=N–C) groups is 1. The summed E-state index contributed by atoms with van der Waals surface area (Å²) in [4.78, 5) is 12.6. The normalized spacial score (nSPS) is 19.6. The van der Waals surface area contributed by atoms with Crippen molar-refractivity contribution in [3.05, 3.63) is 35.2 Å². The lowest BCUT2D eigenvalue weighted by Gasteiger charge is -2.33. The Balaban J connectivity index is 1.94. The number of hydrogen-bond donors (Lipinski definition) is 2. The lowest BCUT2D eigenvalue weighted by Crippen LogP contribution is -2.81. The first-order chi connectivity index (χ1) is 13.5. The molecule has 1 saturated heterocycles. The van der Waals surface area contributed by atoms with Crippen LogP contribution in [0.3, 0.4) is 0 Å². The fraction of sp³-hybridized carbons (Fsp3) is 0.333. The van der Waals surface area contributed by atoms with Crippen molar-refractivity contribution in [1.29, 1.82) is 5.41 Å². The average Bonchev–Trinajstić information content (AvgIpc) is 3.03. The predicted molar refractivity (Wildman–Crippen MR) is 102 cm³/mol. The van der Waals surface area contributed by atoms with E-state index in [1.54, 1.807) is 34.3 Å². The topological polar surface area (TPSA) is 92.8 Å². The molecule has 1 unspecified atom stereocenters. The highest BCUT2D eigenvalue weighted by Gasteiger charge is 2.45. The highest BCUT2D eigenvalue weighted by Crippen LogP contribution is 2.40. The van der Waals surface area contributed by atoms with Gasteiger partial charge in [0.2, 0.25) is 0 Å². The van der Waals surface area contributed by atoms with E-state index in [1.165, 1.54) is 6.34 Å². The maximum atomic E-state index is 14.8. The Bertz CT molecular complexity index is 1070. The summed E-state index contributed by atoms with van der Waals surface area (Å²) < 4.78 is 36.2. The zero-order chi connectivity index (χ0) is 19.7. The van der Waals surface area contributed by atoms with Crippen molar-refractivity contribution in [1.82, 2.24) is 14.5 Å². The van der Waals surface area contributed by atoms with Gasteiger partial charge in [0.05, 0.1) is 17.2 Å².